The van der Waals surface area contributed by atoms with Crippen molar-refractivity contribution in [3.8, 4) is 0 Å². The van der Waals surface area contributed by atoms with Crippen molar-refractivity contribution in [1.82, 2.24) is 0 Å². The quantitative estimate of drug-likeness (QED) is 0.503. The van der Waals surface area contributed by atoms with Crippen LogP contribution in [0.4, 0.5) is 11.4 Å². The second-order valence-corrected chi connectivity index (χ2v) is 6.51. The minimum atomic E-state index is -3.95. The highest BCUT2D eigenvalue weighted by molar-refractivity contribution is 7.92. The van der Waals surface area contributed by atoms with Crippen LogP contribution in [0.5, 0.6) is 0 Å². The highest BCUT2D eigenvalue weighted by atomic mass is 32.2. The number of hydrogen-bond donors (Lipinski definition) is 1. The second kappa shape index (κ2) is 6.67. The number of nitro groups is 1. The molecule has 24 heavy (non-hydrogen) atoms. The highest BCUT2D eigenvalue weighted by Crippen LogP contribution is 2.24. The van der Waals surface area contributed by atoms with Gasteiger partial charge in [0.25, 0.3) is 15.7 Å². The number of benzene rings is 2. The molecule has 0 atom stereocenters. The van der Waals surface area contributed by atoms with Crippen LogP contribution in [0, 0.1) is 17.0 Å². The lowest BCUT2D eigenvalue weighted by atomic mass is 10.1. The van der Waals surface area contributed by atoms with Crippen molar-refractivity contribution in [3.63, 3.8) is 0 Å². The van der Waals surface area contributed by atoms with E-state index in [0.29, 0.717) is 5.56 Å². The summed E-state index contributed by atoms with van der Waals surface area (Å²) in [5.74, 6) is -0.580. The molecule has 0 aliphatic rings. The first-order valence-electron chi connectivity index (χ1n) is 6.71. The molecule has 8 nitrogen and oxygen atoms in total. The number of carbonyl (C=O) groups excluding carboxylic acids is 1. The molecular formula is C15H14N2O6S. The number of rotatable bonds is 5. The van der Waals surface area contributed by atoms with Crippen LogP contribution in [0.25, 0.3) is 0 Å². The summed E-state index contributed by atoms with van der Waals surface area (Å²) in [5, 5.41) is 10.6. The monoisotopic (exact) mass is 350 g/mol. The lowest BCUT2D eigenvalue weighted by Crippen LogP contribution is -2.15. The Bertz CT molecular complexity index is 891. The molecule has 0 radical (unpaired) electrons. The summed E-state index contributed by atoms with van der Waals surface area (Å²) in [5.41, 5.74) is 0.658. The average Bonchev–Trinajstić information content (AvgIpc) is 2.56. The van der Waals surface area contributed by atoms with Crippen molar-refractivity contribution in [2.75, 3.05) is 11.8 Å². The van der Waals surface area contributed by atoms with Crippen LogP contribution in [0.1, 0.15) is 15.9 Å². The van der Waals surface area contributed by atoms with Gasteiger partial charge in [0.15, 0.2) is 0 Å². The standard InChI is InChI=1S/C15H14N2O6S/c1-10-13(15(18)23-2)4-3-5-14(10)16-24(21,22)12-8-6-11(7-9-12)17(19)20/h3-9,16H,1-2H3. The maximum Gasteiger partial charge on any atom is 0.338 e. The summed E-state index contributed by atoms with van der Waals surface area (Å²) in [6.45, 7) is 1.58. The summed E-state index contributed by atoms with van der Waals surface area (Å²) in [6.07, 6.45) is 0. The van der Waals surface area contributed by atoms with Gasteiger partial charge in [0, 0.05) is 12.1 Å². The molecule has 2 aromatic carbocycles. The minimum absolute atomic E-state index is 0.129. The second-order valence-electron chi connectivity index (χ2n) is 4.83. The molecule has 2 rings (SSSR count). The first-order chi connectivity index (χ1) is 11.3. The highest BCUT2D eigenvalue weighted by Gasteiger charge is 2.19. The Hall–Kier alpha value is -2.94. The van der Waals surface area contributed by atoms with E-state index in [2.05, 4.69) is 9.46 Å². The molecule has 0 aromatic heterocycles. The van der Waals surface area contributed by atoms with Crippen LogP contribution < -0.4 is 4.72 Å². The summed E-state index contributed by atoms with van der Waals surface area (Å²) in [6, 6.07) is 9.03. The van der Waals surface area contributed by atoms with E-state index >= 15 is 0 Å². The molecule has 9 heteroatoms. The van der Waals surface area contributed by atoms with Crippen LogP contribution in [-0.2, 0) is 14.8 Å². The molecule has 0 aliphatic heterocycles. The molecule has 0 spiro atoms. The smallest absolute Gasteiger partial charge is 0.338 e. The van der Waals surface area contributed by atoms with Crippen molar-refractivity contribution in [2.45, 2.75) is 11.8 Å². The number of methoxy groups -OCH3 is 1. The van der Waals surface area contributed by atoms with Crippen molar-refractivity contribution in [3.05, 3.63) is 63.7 Å². The molecule has 0 unspecified atom stereocenters. The lowest BCUT2D eigenvalue weighted by molar-refractivity contribution is -0.384. The zero-order valence-corrected chi connectivity index (χ0v) is 13.7. The third kappa shape index (κ3) is 3.51. The van der Waals surface area contributed by atoms with Crippen LogP contribution in [-0.4, -0.2) is 26.4 Å². The number of nitro benzene ring substituents is 1. The minimum Gasteiger partial charge on any atom is -0.465 e. The number of sulfonamides is 1. The predicted octanol–water partition coefficient (Wildman–Crippen LogP) is 2.49. The van der Waals surface area contributed by atoms with Crippen LogP contribution in [0.2, 0.25) is 0 Å². The van der Waals surface area contributed by atoms with E-state index in [1.54, 1.807) is 6.92 Å². The van der Waals surface area contributed by atoms with E-state index in [1.807, 2.05) is 0 Å². The summed E-state index contributed by atoms with van der Waals surface area (Å²) >= 11 is 0. The maximum atomic E-state index is 12.4. The number of anilines is 1. The number of carbonyl (C=O) groups is 1. The zero-order valence-electron chi connectivity index (χ0n) is 12.8. The Morgan fingerprint density at radius 2 is 1.79 bits per heavy atom. The van der Waals surface area contributed by atoms with Gasteiger partial charge < -0.3 is 4.74 Å². The van der Waals surface area contributed by atoms with Crippen LogP contribution >= 0.6 is 0 Å². The van der Waals surface area contributed by atoms with E-state index in [1.165, 1.54) is 25.3 Å². The molecule has 126 valence electrons. The SMILES string of the molecule is COC(=O)c1cccc(NS(=O)(=O)c2ccc([N+](=O)[O-])cc2)c1C. The van der Waals surface area contributed by atoms with Crippen molar-refractivity contribution in [2.24, 2.45) is 0 Å². The maximum absolute atomic E-state index is 12.4. The van der Waals surface area contributed by atoms with Crippen LogP contribution in [0.15, 0.2) is 47.4 Å². The number of hydrogen-bond acceptors (Lipinski definition) is 6. The molecule has 0 heterocycles. The van der Waals surface area contributed by atoms with Gasteiger partial charge in [-0.2, -0.15) is 0 Å². The third-order valence-electron chi connectivity index (χ3n) is 3.34. The van der Waals surface area contributed by atoms with Gasteiger partial charge in [-0.25, -0.2) is 13.2 Å². The predicted molar refractivity (Wildman–Crippen MR) is 86.4 cm³/mol. The van der Waals surface area contributed by atoms with Gasteiger partial charge in [-0.1, -0.05) is 6.07 Å². The van der Waals surface area contributed by atoms with Gasteiger partial charge in [0.2, 0.25) is 0 Å². The van der Waals surface area contributed by atoms with Crippen LogP contribution in [0.3, 0.4) is 0 Å². The van der Waals surface area contributed by atoms with Gasteiger partial charge in [-0.15, -0.1) is 0 Å². The van der Waals surface area contributed by atoms with Gasteiger partial charge in [0.1, 0.15) is 0 Å². The topological polar surface area (TPSA) is 116 Å². The Morgan fingerprint density at radius 3 is 2.33 bits per heavy atom. The zero-order chi connectivity index (χ0) is 17.9. The van der Waals surface area contributed by atoms with Crippen molar-refractivity contribution in [1.29, 1.82) is 0 Å². The van der Waals surface area contributed by atoms with E-state index in [9.17, 15) is 23.3 Å². The molecule has 0 saturated carbocycles. The molecule has 0 fully saturated rings. The molecule has 1 N–H and O–H groups in total. The summed E-state index contributed by atoms with van der Waals surface area (Å²) in [4.78, 5) is 21.5. The summed E-state index contributed by atoms with van der Waals surface area (Å²) in [7, 11) is -2.72. The fourth-order valence-electron chi connectivity index (χ4n) is 2.03. The van der Waals surface area contributed by atoms with E-state index in [-0.39, 0.29) is 21.8 Å². The number of ether oxygens (including phenoxy) is 1. The van der Waals surface area contributed by atoms with E-state index in [0.717, 1.165) is 24.3 Å². The Labute approximate surface area is 138 Å². The number of non-ortho nitro benzene ring substituents is 1. The van der Waals surface area contributed by atoms with Crippen molar-refractivity contribution >= 4 is 27.4 Å². The molecule has 0 bridgehead atoms. The van der Waals surface area contributed by atoms with E-state index in [4.69, 9.17) is 0 Å². The molecule has 0 amide bonds. The first-order valence-corrected chi connectivity index (χ1v) is 8.20. The van der Waals surface area contributed by atoms with E-state index < -0.39 is 20.9 Å². The average molecular weight is 350 g/mol. The molecule has 0 saturated heterocycles. The normalized spacial score (nSPS) is 10.9. The fourth-order valence-corrected chi connectivity index (χ4v) is 3.15. The first kappa shape index (κ1) is 17.4. The number of nitrogens with zero attached hydrogens (tertiary/aromatic N) is 1. The Kier molecular flexibility index (Phi) is 4.84. The van der Waals surface area contributed by atoms with Crippen molar-refractivity contribution < 1.29 is 22.9 Å². The van der Waals surface area contributed by atoms with Gasteiger partial charge >= 0.3 is 5.97 Å². The Morgan fingerprint density at radius 1 is 1.17 bits per heavy atom. The lowest BCUT2D eigenvalue weighted by Gasteiger charge is -2.12. The molecule has 2 aromatic rings. The summed E-state index contributed by atoms with van der Waals surface area (Å²) < 4.78 is 31.8. The molecular weight excluding hydrogens is 336 g/mol. The largest absolute Gasteiger partial charge is 0.465 e. The van der Waals surface area contributed by atoms with Gasteiger partial charge in [0.05, 0.1) is 28.2 Å². The molecule has 0 aliphatic carbocycles. The number of esters is 1. The fraction of sp³-hybridized carbons (Fsp3) is 0.133. The Balaban J connectivity index is 2.36. The van der Waals surface area contributed by atoms with Gasteiger partial charge in [-0.3, -0.25) is 14.8 Å². The number of nitrogens with one attached hydrogen (secondary N) is 1. The third-order valence-corrected chi connectivity index (χ3v) is 4.72. The van der Waals surface area contributed by atoms with Gasteiger partial charge in [-0.05, 0) is 36.8 Å².